The first-order chi connectivity index (χ1) is 12.0. The lowest BCUT2D eigenvalue weighted by molar-refractivity contribution is -0.127. The Kier molecular flexibility index (Phi) is 5.16. The Morgan fingerprint density at radius 3 is 2.88 bits per heavy atom. The fourth-order valence-electron chi connectivity index (χ4n) is 3.18. The summed E-state index contributed by atoms with van der Waals surface area (Å²) in [5.41, 5.74) is 3.05. The molecular weight excluding hydrogens is 316 g/mol. The Morgan fingerprint density at radius 1 is 1.36 bits per heavy atom. The number of amides is 2. The summed E-state index contributed by atoms with van der Waals surface area (Å²) in [5, 5.41) is 2.93. The largest absolute Gasteiger partial charge is 0.350 e. The Bertz CT molecular complexity index is 768. The van der Waals surface area contributed by atoms with Gasteiger partial charge in [-0.15, -0.1) is 0 Å². The second-order valence-corrected chi connectivity index (χ2v) is 6.62. The molecule has 1 aliphatic rings. The first-order valence-electron chi connectivity index (χ1n) is 8.63. The summed E-state index contributed by atoms with van der Waals surface area (Å²) in [6.45, 7) is 5.53. The van der Waals surface area contributed by atoms with Gasteiger partial charge in [-0.1, -0.05) is 24.3 Å². The van der Waals surface area contributed by atoms with E-state index in [9.17, 15) is 9.59 Å². The van der Waals surface area contributed by atoms with Crippen LogP contribution in [0.1, 0.15) is 41.9 Å². The van der Waals surface area contributed by atoms with Crippen LogP contribution in [0.3, 0.4) is 0 Å². The van der Waals surface area contributed by atoms with E-state index in [0.29, 0.717) is 19.5 Å². The summed E-state index contributed by atoms with van der Waals surface area (Å²) in [7, 11) is 0. The van der Waals surface area contributed by atoms with E-state index in [2.05, 4.69) is 15.3 Å². The lowest BCUT2D eigenvalue weighted by Gasteiger charge is -2.12. The van der Waals surface area contributed by atoms with Gasteiger partial charge in [0.15, 0.2) is 0 Å². The second kappa shape index (κ2) is 7.51. The lowest BCUT2D eigenvalue weighted by atomic mass is 10.1. The Labute approximate surface area is 147 Å². The predicted octanol–water partition coefficient (Wildman–Crippen LogP) is 1.91. The maximum absolute atomic E-state index is 12.1. The summed E-state index contributed by atoms with van der Waals surface area (Å²) < 4.78 is 0. The molecule has 2 aromatic rings. The summed E-state index contributed by atoms with van der Waals surface area (Å²) >= 11 is 0. The van der Waals surface area contributed by atoms with Gasteiger partial charge in [-0.05, 0) is 24.5 Å². The molecule has 1 saturated heterocycles. The van der Waals surface area contributed by atoms with Crippen molar-refractivity contribution in [3.05, 3.63) is 53.1 Å². The third-order valence-corrected chi connectivity index (χ3v) is 4.76. The van der Waals surface area contributed by atoms with Crippen molar-refractivity contribution in [2.24, 2.45) is 0 Å². The van der Waals surface area contributed by atoms with Crippen LogP contribution in [0.4, 0.5) is 0 Å². The molecule has 0 bridgehead atoms. The van der Waals surface area contributed by atoms with Crippen molar-refractivity contribution in [1.29, 1.82) is 0 Å². The number of aryl methyl sites for hydroxylation is 1. The normalized spacial score (nSPS) is 16.9. The molecule has 6 heteroatoms. The lowest BCUT2D eigenvalue weighted by Crippen LogP contribution is -2.25. The minimum absolute atomic E-state index is 0.00549. The van der Waals surface area contributed by atoms with E-state index in [1.165, 1.54) is 0 Å². The summed E-state index contributed by atoms with van der Waals surface area (Å²) in [6.07, 6.45) is 3.07. The zero-order valence-corrected chi connectivity index (χ0v) is 14.7. The highest BCUT2D eigenvalue weighted by Gasteiger charge is 2.27. The third-order valence-electron chi connectivity index (χ3n) is 4.76. The van der Waals surface area contributed by atoms with E-state index in [4.69, 9.17) is 0 Å². The number of likely N-dealkylation sites (tertiary alicyclic amines) is 1. The molecule has 0 saturated carbocycles. The molecule has 1 fully saturated rings. The van der Waals surface area contributed by atoms with Crippen LogP contribution in [0.5, 0.6) is 0 Å². The van der Waals surface area contributed by atoms with Crippen molar-refractivity contribution in [2.75, 3.05) is 13.1 Å². The van der Waals surface area contributed by atoms with Crippen LogP contribution in [0.2, 0.25) is 0 Å². The van der Waals surface area contributed by atoms with Gasteiger partial charge in [0, 0.05) is 25.9 Å². The first-order valence-corrected chi connectivity index (χ1v) is 8.63. The third kappa shape index (κ3) is 4.26. The van der Waals surface area contributed by atoms with Gasteiger partial charge >= 0.3 is 0 Å². The number of nitrogens with one attached hydrogen (secondary N) is 2. The van der Waals surface area contributed by atoms with Gasteiger partial charge in [0.25, 0.3) is 0 Å². The number of imidazole rings is 1. The van der Waals surface area contributed by atoms with Crippen LogP contribution in [-0.2, 0) is 22.6 Å². The number of hydrogen-bond donors (Lipinski definition) is 2. The predicted molar refractivity (Wildman–Crippen MR) is 94.9 cm³/mol. The second-order valence-electron chi connectivity index (χ2n) is 6.62. The molecule has 1 atom stereocenters. The summed E-state index contributed by atoms with van der Waals surface area (Å²) in [5.74, 6) is 1.25. The highest BCUT2D eigenvalue weighted by Crippen LogP contribution is 2.24. The van der Waals surface area contributed by atoms with Crippen molar-refractivity contribution in [3.8, 4) is 0 Å². The van der Waals surface area contributed by atoms with E-state index in [-0.39, 0.29) is 17.7 Å². The maximum Gasteiger partial charge on any atom is 0.224 e. The quantitative estimate of drug-likeness (QED) is 0.873. The molecule has 2 heterocycles. The first kappa shape index (κ1) is 17.2. The zero-order chi connectivity index (χ0) is 17.8. The maximum atomic E-state index is 12.1. The van der Waals surface area contributed by atoms with E-state index in [0.717, 1.165) is 35.6 Å². The number of rotatable bonds is 5. The average molecular weight is 340 g/mol. The highest BCUT2D eigenvalue weighted by atomic mass is 16.2. The standard InChI is InChI=1S/C19H24N4O2/c1-13-5-3-4-6-15(13)9-18(25)20-10-17-11-21-19(22-17)16-7-8-23(12-16)14(2)24/h3-6,11,16H,7-10,12H2,1-2H3,(H,20,25)(H,21,22). The van der Waals surface area contributed by atoms with Crippen molar-refractivity contribution in [2.45, 2.75) is 39.2 Å². The van der Waals surface area contributed by atoms with Crippen molar-refractivity contribution in [1.82, 2.24) is 20.2 Å². The fraction of sp³-hybridized carbons (Fsp3) is 0.421. The smallest absolute Gasteiger partial charge is 0.224 e. The molecular formula is C19H24N4O2. The monoisotopic (exact) mass is 340 g/mol. The van der Waals surface area contributed by atoms with Crippen LogP contribution in [0, 0.1) is 6.92 Å². The average Bonchev–Trinajstić information content (AvgIpc) is 3.24. The van der Waals surface area contributed by atoms with Crippen molar-refractivity contribution >= 4 is 11.8 Å². The molecule has 25 heavy (non-hydrogen) atoms. The van der Waals surface area contributed by atoms with Gasteiger partial charge in [0.05, 0.1) is 24.9 Å². The van der Waals surface area contributed by atoms with Crippen LogP contribution < -0.4 is 5.32 Å². The number of benzene rings is 1. The van der Waals surface area contributed by atoms with Gasteiger partial charge in [-0.2, -0.15) is 0 Å². The van der Waals surface area contributed by atoms with Gasteiger partial charge in [0.2, 0.25) is 11.8 Å². The molecule has 1 aromatic heterocycles. The van der Waals surface area contributed by atoms with Gasteiger partial charge in [-0.3, -0.25) is 9.59 Å². The Hall–Kier alpha value is -2.63. The van der Waals surface area contributed by atoms with E-state index < -0.39 is 0 Å². The Morgan fingerprint density at radius 2 is 2.16 bits per heavy atom. The van der Waals surface area contributed by atoms with Crippen molar-refractivity contribution < 1.29 is 9.59 Å². The summed E-state index contributed by atoms with van der Waals surface area (Å²) in [6, 6.07) is 7.90. The molecule has 6 nitrogen and oxygen atoms in total. The number of aromatic amines is 1. The molecule has 1 unspecified atom stereocenters. The minimum atomic E-state index is -0.00549. The molecule has 3 rings (SSSR count). The molecule has 1 aliphatic heterocycles. The van der Waals surface area contributed by atoms with Crippen LogP contribution in [-0.4, -0.2) is 39.8 Å². The van der Waals surface area contributed by atoms with Crippen molar-refractivity contribution in [3.63, 3.8) is 0 Å². The molecule has 0 spiro atoms. The number of nitrogens with zero attached hydrogens (tertiary/aromatic N) is 2. The Balaban J connectivity index is 1.51. The number of carbonyl (C=O) groups excluding carboxylic acids is 2. The van der Waals surface area contributed by atoms with E-state index >= 15 is 0 Å². The molecule has 1 aromatic carbocycles. The fourth-order valence-corrected chi connectivity index (χ4v) is 3.18. The van der Waals surface area contributed by atoms with Gasteiger partial charge in [0.1, 0.15) is 5.82 Å². The van der Waals surface area contributed by atoms with E-state index in [1.54, 1.807) is 13.1 Å². The molecule has 0 aliphatic carbocycles. The van der Waals surface area contributed by atoms with Crippen LogP contribution >= 0.6 is 0 Å². The SMILES string of the molecule is CC(=O)N1CCC(c2ncc(CNC(=O)Cc3ccccc3C)[nH]2)C1. The highest BCUT2D eigenvalue weighted by molar-refractivity contribution is 5.78. The molecule has 132 valence electrons. The van der Waals surface area contributed by atoms with Gasteiger partial charge < -0.3 is 15.2 Å². The van der Waals surface area contributed by atoms with Crippen LogP contribution in [0.15, 0.2) is 30.5 Å². The minimum Gasteiger partial charge on any atom is -0.350 e. The zero-order valence-electron chi connectivity index (χ0n) is 14.7. The number of hydrogen-bond acceptors (Lipinski definition) is 3. The summed E-state index contributed by atoms with van der Waals surface area (Å²) in [4.78, 5) is 33.1. The molecule has 2 N–H and O–H groups in total. The molecule has 2 amide bonds. The number of H-pyrrole nitrogens is 1. The van der Waals surface area contributed by atoms with Gasteiger partial charge in [-0.25, -0.2) is 4.98 Å². The number of carbonyl (C=O) groups is 2. The van der Waals surface area contributed by atoms with Crippen LogP contribution in [0.25, 0.3) is 0 Å². The molecule has 0 radical (unpaired) electrons. The number of aromatic nitrogens is 2. The topological polar surface area (TPSA) is 78.1 Å². The van der Waals surface area contributed by atoms with E-state index in [1.807, 2.05) is 36.1 Å².